The van der Waals surface area contributed by atoms with Gasteiger partial charge in [0.1, 0.15) is 0 Å². The standard InChI is InChI=1S/C10H21NO/c1-8(2)11-9(3)10-4-6-12-7-5-10/h8-11H,4-7H2,1-3H3/t9-/m0/s1. The fraction of sp³-hybridized carbons (Fsp3) is 1.00. The minimum atomic E-state index is 0.600. The second kappa shape index (κ2) is 4.83. The monoisotopic (exact) mass is 171 g/mol. The molecule has 2 nitrogen and oxygen atoms in total. The van der Waals surface area contributed by atoms with E-state index < -0.39 is 0 Å². The highest BCUT2D eigenvalue weighted by molar-refractivity contribution is 4.75. The van der Waals surface area contributed by atoms with Gasteiger partial charge in [-0.3, -0.25) is 0 Å². The molecule has 72 valence electrons. The summed E-state index contributed by atoms with van der Waals surface area (Å²) in [6.45, 7) is 8.60. The Balaban J connectivity index is 2.24. The third kappa shape index (κ3) is 3.11. The van der Waals surface area contributed by atoms with E-state index in [1.807, 2.05) is 0 Å². The highest BCUT2D eigenvalue weighted by Crippen LogP contribution is 2.18. The van der Waals surface area contributed by atoms with Crippen LogP contribution in [-0.4, -0.2) is 25.3 Å². The lowest BCUT2D eigenvalue weighted by molar-refractivity contribution is 0.0550. The molecule has 0 radical (unpaired) electrons. The molecule has 1 saturated heterocycles. The minimum absolute atomic E-state index is 0.600. The Morgan fingerprint density at radius 2 is 1.75 bits per heavy atom. The van der Waals surface area contributed by atoms with E-state index in [0.29, 0.717) is 12.1 Å². The summed E-state index contributed by atoms with van der Waals surface area (Å²) < 4.78 is 5.33. The highest BCUT2D eigenvalue weighted by atomic mass is 16.5. The zero-order valence-electron chi connectivity index (χ0n) is 8.47. The van der Waals surface area contributed by atoms with Crippen LogP contribution in [0, 0.1) is 5.92 Å². The Morgan fingerprint density at radius 1 is 1.17 bits per heavy atom. The number of nitrogens with one attached hydrogen (secondary N) is 1. The third-order valence-electron chi connectivity index (χ3n) is 2.57. The van der Waals surface area contributed by atoms with Gasteiger partial charge in [-0.1, -0.05) is 13.8 Å². The van der Waals surface area contributed by atoms with Crippen LogP contribution in [0.15, 0.2) is 0 Å². The molecule has 0 aromatic rings. The summed E-state index contributed by atoms with van der Waals surface area (Å²) in [6, 6.07) is 1.25. The molecule has 1 atom stereocenters. The molecule has 0 unspecified atom stereocenters. The average molecular weight is 171 g/mol. The van der Waals surface area contributed by atoms with Gasteiger partial charge in [0.15, 0.2) is 0 Å². The summed E-state index contributed by atoms with van der Waals surface area (Å²) in [6.07, 6.45) is 2.45. The van der Waals surface area contributed by atoms with Crippen LogP contribution < -0.4 is 5.32 Å². The van der Waals surface area contributed by atoms with Crippen molar-refractivity contribution in [2.24, 2.45) is 5.92 Å². The number of ether oxygens (including phenoxy) is 1. The van der Waals surface area contributed by atoms with Crippen LogP contribution in [-0.2, 0) is 4.74 Å². The van der Waals surface area contributed by atoms with Crippen molar-refractivity contribution in [1.29, 1.82) is 0 Å². The van der Waals surface area contributed by atoms with Gasteiger partial charge < -0.3 is 10.1 Å². The third-order valence-corrected chi connectivity index (χ3v) is 2.57. The van der Waals surface area contributed by atoms with Crippen molar-refractivity contribution < 1.29 is 4.74 Å². The first-order valence-electron chi connectivity index (χ1n) is 5.04. The largest absolute Gasteiger partial charge is 0.381 e. The van der Waals surface area contributed by atoms with E-state index in [1.165, 1.54) is 12.8 Å². The van der Waals surface area contributed by atoms with Gasteiger partial charge in [0.2, 0.25) is 0 Å². The molecule has 0 amide bonds. The summed E-state index contributed by atoms with van der Waals surface area (Å²) in [5.41, 5.74) is 0. The van der Waals surface area contributed by atoms with E-state index in [0.717, 1.165) is 19.1 Å². The fourth-order valence-corrected chi connectivity index (χ4v) is 1.88. The highest BCUT2D eigenvalue weighted by Gasteiger charge is 2.20. The van der Waals surface area contributed by atoms with Gasteiger partial charge in [-0.2, -0.15) is 0 Å². The van der Waals surface area contributed by atoms with Crippen LogP contribution in [0.4, 0.5) is 0 Å². The number of hydrogen-bond donors (Lipinski definition) is 1. The van der Waals surface area contributed by atoms with Crippen LogP contribution in [0.25, 0.3) is 0 Å². The van der Waals surface area contributed by atoms with Crippen LogP contribution in [0.5, 0.6) is 0 Å². The summed E-state index contributed by atoms with van der Waals surface area (Å²) in [5.74, 6) is 0.821. The zero-order valence-corrected chi connectivity index (χ0v) is 8.47. The van der Waals surface area contributed by atoms with Gasteiger partial charge in [0, 0.05) is 25.3 Å². The summed E-state index contributed by atoms with van der Waals surface area (Å²) in [7, 11) is 0. The van der Waals surface area contributed by atoms with E-state index in [-0.39, 0.29) is 0 Å². The molecule has 1 aliphatic heterocycles. The first-order chi connectivity index (χ1) is 5.70. The molecule has 0 aromatic heterocycles. The first kappa shape index (κ1) is 10.0. The number of hydrogen-bond acceptors (Lipinski definition) is 2. The molecule has 1 aliphatic rings. The average Bonchev–Trinajstić information content (AvgIpc) is 2.05. The van der Waals surface area contributed by atoms with Crippen molar-refractivity contribution in [3.8, 4) is 0 Å². The maximum Gasteiger partial charge on any atom is 0.0469 e. The minimum Gasteiger partial charge on any atom is -0.381 e. The molecule has 2 heteroatoms. The smallest absolute Gasteiger partial charge is 0.0469 e. The lowest BCUT2D eigenvalue weighted by atomic mass is 9.92. The van der Waals surface area contributed by atoms with Gasteiger partial charge in [-0.05, 0) is 25.7 Å². The van der Waals surface area contributed by atoms with Crippen molar-refractivity contribution >= 4 is 0 Å². The van der Waals surface area contributed by atoms with Crippen LogP contribution in [0.3, 0.4) is 0 Å². The molecule has 1 heterocycles. The zero-order chi connectivity index (χ0) is 8.97. The Bertz CT molecular complexity index is 119. The van der Waals surface area contributed by atoms with Crippen molar-refractivity contribution in [3.63, 3.8) is 0 Å². The lowest BCUT2D eigenvalue weighted by Gasteiger charge is -2.29. The predicted octanol–water partition coefficient (Wildman–Crippen LogP) is 1.80. The first-order valence-corrected chi connectivity index (χ1v) is 5.04. The molecule has 1 rings (SSSR count). The van der Waals surface area contributed by atoms with E-state index in [2.05, 4.69) is 26.1 Å². The Labute approximate surface area is 75.7 Å². The normalized spacial score (nSPS) is 23.0. The molecule has 1 N–H and O–H groups in total. The van der Waals surface area contributed by atoms with E-state index in [4.69, 9.17) is 4.74 Å². The van der Waals surface area contributed by atoms with E-state index in [9.17, 15) is 0 Å². The van der Waals surface area contributed by atoms with Crippen LogP contribution >= 0.6 is 0 Å². The van der Waals surface area contributed by atoms with Crippen molar-refractivity contribution in [2.75, 3.05) is 13.2 Å². The topological polar surface area (TPSA) is 21.3 Å². The second-order valence-corrected chi connectivity index (χ2v) is 4.06. The van der Waals surface area contributed by atoms with Gasteiger partial charge in [-0.15, -0.1) is 0 Å². The van der Waals surface area contributed by atoms with Gasteiger partial charge >= 0.3 is 0 Å². The van der Waals surface area contributed by atoms with E-state index >= 15 is 0 Å². The van der Waals surface area contributed by atoms with Crippen LogP contribution in [0.1, 0.15) is 33.6 Å². The van der Waals surface area contributed by atoms with Crippen molar-refractivity contribution in [1.82, 2.24) is 5.32 Å². The van der Waals surface area contributed by atoms with Crippen molar-refractivity contribution in [3.05, 3.63) is 0 Å². The quantitative estimate of drug-likeness (QED) is 0.699. The summed E-state index contributed by atoms with van der Waals surface area (Å²) in [5, 5.41) is 3.56. The number of rotatable bonds is 3. The fourth-order valence-electron chi connectivity index (χ4n) is 1.88. The molecule has 0 bridgehead atoms. The maximum atomic E-state index is 5.33. The van der Waals surface area contributed by atoms with Gasteiger partial charge in [0.25, 0.3) is 0 Å². The molecule has 0 aromatic carbocycles. The lowest BCUT2D eigenvalue weighted by Crippen LogP contribution is -2.40. The maximum absolute atomic E-state index is 5.33. The van der Waals surface area contributed by atoms with E-state index in [1.54, 1.807) is 0 Å². The predicted molar refractivity (Wildman–Crippen MR) is 51.3 cm³/mol. The molecule has 0 aliphatic carbocycles. The molecule has 1 fully saturated rings. The van der Waals surface area contributed by atoms with Crippen LogP contribution in [0.2, 0.25) is 0 Å². The molecule has 0 spiro atoms. The summed E-state index contributed by atoms with van der Waals surface area (Å²) >= 11 is 0. The SMILES string of the molecule is CC(C)N[C@@H](C)C1CCOCC1. The molecule has 12 heavy (non-hydrogen) atoms. The van der Waals surface area contributed by atoms with Gasteiger partial charge in [0.05, 0.1) is 0 Å². The second-order valence-electron chi connectivity index (χ2n) is 4.06. The Hall–Kier alpha value is -0.0800. The Morgan fingerprint density at radius 3 is 2.25 bits per heavy atom. The van der Waals surface area contributed by atoms with Crippen molar-refractivity contribution in [2.45, 2.75) is 45.7 Å². The molecular weight excluding hydrogens is 150 g/mol. The molecular formula is C10H21NO. The molecule has 0 saturated carbocycles. The Kier molecular flexibility index (Phi) is 4.02. The van der Waals surface area contributed by atoms with Gasteiger partial charge in [-0.25, -0.2) is 0 Å². The summed E-state index contributed by atoms with van der Waals surface area (Å²) in [4.78, 5) is 0.